The Kier molecular flexibility index (Phi) is 1.63. The first-order valence-corrected chi connectivity index (χ1v) is 4.08. The Hall–Kier alpha value is -1.27. The Morgan fingerprint density at radius 2 is 2.58 bits per heavy atom. The second-order valence-corrected chi connectivity index (χ2v) is 3.02. The third-order valence-corrected chi connectivity index (χ3v) is 2.29. The number of furan rings is 1. The Morgan fingerprint density at radius 3 is 3.08 bits per heavy atom. The lowest BCUT2D eigenvalue weighted by Gasteiger charge is -2.17. The fourth-order valence-electron chi connectivity index (χ4n) is 1.63. The fraction of sp³-hybridized carbons (Fsp3) is 0.444. The molecule has 1 atom stereocenters. The van der Waals surface area contributed by atoms with E-state index in [1.807, 2.05) is 12.1 Å². The maximum absolute atomic E-state index is 9.02. The van der Waals surface area contributed by atoms with Gasteiger partial charge in [-0.15, -0.1) is 0 Å². The third kappa shape index (κ3) is 0.926. The Labute approximate surface area is 71.0 Å². The largest absolute Gasteiger partial charge is 0.466 e. The molecule has 1 fully saturated rings. The zero-order valence-electron chi connectivity index (χ0n) is 6.71. The standard InChI is InChI=1S/C9H10N2O/c10-7-9(4-2-5-11-9)8-3-1-6-12-8/h1,3,6,11H,2,4-5H2. The van der Waals surface area contributed by atoms with Gasteiger partial charge in [0.25, 0.3) is 0 Å². The monoisotopic (exact) mass is 162 g/mol. The van der Waals surface area contributed by atoms with Crippen LogP contribution >= 0.6 is 0 Å². The maximum Gasteiger partial charge on any atom is 0.165 e. The Morgan fingerprint density at radius 1 is 1.67 bits per heavy atom. The number of rotatable bonds is 1. The molecule has 1 unspecified atom stereocenters. The lowest BCUT2D eigenvalue weighted by molar-refractivity contribution is 0.380. The molecular weight excluding hydrogens is 152 g/mol. The molecule has 0 aliphatic carbocycles. The van der Waals surface area contributed by atoms with E-state index < -0.39 is 5.54 Å². The van der Waals surface area contributed by atoms with E-state index in [4.69, 9.17) is 9.68 Å². The van der Waals surface area contributed by atoms with Crippen LogP contribution < -0.4 is 5.32 Å². The van der Waals surface area contributed by atoms with Gasteiger partial charge in [-0.2, -0.15) is 5.26 Å². The summed E-state index contributed by atoms with van der Waals surface area (Å²) in [5.74, 6) is 0.738. The van der Waals surface area contributed by atoms with Crippen molar-refractivity contribution in [2.75, 3.05) is 6.54 Å². The minimum atomic E-state index is -0.552. The zero-order chi connectivity index (χ0) is 8.44. The number of hydrogen-bond donors (Lipinski definition) is 1. The normalized spacial score (nSPS) is 28.6. The summed E-state index contributed by atoms with van der Waals surface area (Å²) >= 11 is 0. The van der Waals surface area contributed by atoms with E-state index in [2.05, 4.69) is 11.4 Å². The van der Waals surface area contributed by atoms with Gasteiger partial charge in [0.15, 0.2) is 5.54 Å². The van der Waals surface area contributed by atoms with Crippen LogP contribution in [0, 0.1) is 11.3 Å². The summed E-state index contributed by atoms with van der Waals surface area (Å²) in [4.78, 5) is 0. The van der Waals surface area contributed by atoms with Crippen molar-refractivity contribution in [3.63, 3.8) is 0 Å². The fourth-order valence-corrected chi connectivity index (χ4v) is 1.63. The predicted molar refractivity (Wildman–Crippen MR) is 43.2 cm³/mol. The van der Waals surface area contributed by atoms with Gasteiger partial charge in [0.2, 0.25) is 0 Å². The Balaban J connectivity index is 2.36. The molecule has 3 nitrogen and oxygen atoms in total. The number of nitrogens with zero attached hydrogens (tertiary/aromatic N) is 1. The summed E-state index contributed by atoms with van der Waals surface area (Å²) < 4.78 is 5.23. The molecule has 3 heteroatoms. The van der Waals surface area contributed by atoms with Crippen LogP contribution in [0.15, 0.2) is 22.8 Å². The highest BCUT2D eigenvalue weighted by Gasteiger charge is 2.37. The van der Waals surface area contributed by atoms with Gasteiger partial charge >= 0.3 is 0 Å². The van der Waals surface area contributed by atoms with Gasteiger partial charge in [-0.3, -0.25) is 5.32 Å². The van der Waals surface area contributed by atoms with Crippen molar-refractivity contribution in [2.24, 2.45) is 0 Å². The Bertz CT molecular complexity index is 291. The van der Waals surface area contributed by atoms with Crippen molar-refractivity contribution < 1.29 is 4.42 Å². The minimum Gasteiger partial charge on any atom is -0.466 e. The van der Waals surface area contributed by atoms with Gasteiger partial charge in [-0.05, 0) is 31.5 Å². The lowest BCUT2D eigenvalue weighted by atomic mass is 9.96. The molecule has 62 valence electrons. The summed E-state index contributed by atoms with van der Waals surface area (Å²) in [6, 6.07) is 5.94. The molecule has 1 aliphatic heterocycles. The van der Waals surface area contributed by atoms with Crippen molar-refractivity contribution in [2.45, 2.75) is 18.4 Å². The quantitative estimate of drug-likeness (QED) is 0.678. The molecule has 1 aromatic heterocycles. The second-order valence-electron chi connectivity index (χ2n) is 3.02. The highest BCUT2D eigenvalue weighted by Crippen LogP contribution is 2.30. The highest BCUT2D eigenvalue weighted by atomic mass is 16.3. The second kappa shape index (κ2) is 2.65. The minimum absolute atomic E-state index is 0.552. The molecular formula is C9H10N2O. The molecule has 0 spiro atoms. The third-order valence-electron chi connectivity index (χ3n) is 2.29. The summed E-state index contributed by atoms with van der Waals surface area (Å²) in [6.45, 7) is 0.897. The van der Waals surface area contributed by atoms with E-state index in [1.165, 1.54) is 0 Å². The first kappa shape index (κ1) is 7.38. The van der Waals surface area contributed by atoms with E-state index in [0.29, 0.717) is 0 Å². The molecule has 0 amide bonds. The van der Waals surface area contributed by atoms with Crippen LogP contribution in [0.3, 0.4) is 0 Å². The summed E-state index contributed by atoms with van der Waals surface area (Å²) in [7, 11) is 0. The number of hydrogen-bond acceptors (Lipinski definition) is 3. The van der Waals surface area contributed by atoms with Crippen LogP contribution in [-0.4, -0.2) is 6.54 Å². The maximum atomic E-state index is 9.02. The van der Waals surface area contributed by atoms with Gasteiger partial charge < -0.3 is 4.42 Å². The first-order chi connectivity index (χ1) is 5.87. The molecule has 0 bridgehead atoms. The van der Waals surface area contributed by atoms with Gasteiger partial charge in [0.1, 0.15) is 5.76 Å². The van der Waals surface area contributed by atoms with Crippen LogP contribution in [0.4, 0.5) is 0 Å². The van der Waals surface area contributed by atoms with Crippen molar-refractivity contribution in [1.29, 1.82) is 5.26 Å². The molecule has 1 aliphatic rings. The molecule has 2 rings (SSSR count). The molecule has 2 heterocycles. The van der Waals surface area contributed by atoms with Crippen molar-refractivity contribution in [3.8, 4) is 6.07 Å². The molecule has 12 heavy (non-hydrogen) atoms. The first-order valence-electron chi connectivity index (χ1n) is 4.08. The number of nitrogens with one attached hydrogen (secondary N) is 1. The van der Waals surface area contributed by atoms with Gasteiger partial charge in [-0.1, -0.05) is 0 Å². The van der Waals surface area contributed by atoms with E-state index in [0.717, 1.165) is 25.1 Å². The van der Waals surface area contributed by atoms with Crippen LogP contribution in [0.1, 0.15) is 18.6 Å². The summed E-state index contributed by atoms with van der Waals surface area (Å²) in [5, 5.41) is 12.2. The van der Waals surface area contributed by atoms with Crippen LogP contribution in [-0.2, 0) is 5.54 Å². The van der Waals surface area contributed by atoms with Crippen LogP contribution in [0.2, 0.25) is 0 Å². The molecule has 0 aromatic carbocycles. The van der Waals surface area contributed by atoms with Gasteiger partial charge in [0.05, 0.1) is 12.3 Å². The SMILES string of the molecule is N#CC1(c2ccco2)CCCN1. The van der Waals surface area contributed by atoms with Crippen LogP contribution in [0.5, 0.6) is 0 Å². The van der Waals surface area contributed by atoms with Crippen LogP contribution in [0.25, 0.3) is 0 Å². The van der Waals surface area contributed by atoms with Crippen molar-refractivity contribution >= 4 is 0 Å². The molecule has 1 N–H and O–H groups in total. The topological polar surface area (TPSA) is 49.0 Å². The highest BCUT2D eigenvalue weighted by molar-refractivity contribution is 5.24. The van der Waals surface area contributed by atoms with E-state index in [9.17, 15) is 0 Å². The molecule has 0 saturated carbocycles. The van der Waals surface area contributed by atoms with Crippen molar-refractivity contribution in [1.82, 2.24) is 5.32 Å². The molecule has 1 aromatic rings. The number of nitriles is 1. The molecule has 1 saturated heterocycles. The van der Waals surface area contributed by atoms with E-state index in [1.54, 1.807) is 6.26 Å². The smallest absolute Gasteiger partial charge is 0.165 e. The lowest BCUT2D eigenvalue weighted by Crippen LogP contribution is -2.34. The van der Waals surface area contributed by atoms with Crippen molar-refractivity contribution in [3.05, 3.63) is 24.2 Å². The van der Waals surface area contributed by atoms with E-state index >= 15 is 0 Å². The molecule has 0 radical (unpaired) electrons. The van der Waals surface area contributed by atoms with Gasteiger partial charge in [-0.25, -0.2) is 0 Å². The predicted octanol–water partition coefficient (Wildman–Crippen LogP) is 1.38. The average molecular weight is 162 g/mol. The van der Waals surface area contributed by atoms with Gasteiger partial charge in [0, 0.05) is 0 Å². The zero-order valence-corrected chi connectivity index (χ0v) is 6.71. The average Bonchev–Trinajstić information content (AvgIpc) is 2.76. The summed E-state index contributed by atoms with van der Waals surface area (Å²) in [5.41, 5.74) is -0.552. The van der Waals surface area contributed by atoms with E-state index in [-0.39, 0.29) is 0 Å². The summed E-state index contributed by atoms with van der Waals surface area (Å²) in [6.07, 6.45) is 3.49.